The second-order valence-corrected chi connectivity index (χ2v) is 12.6. The first-order chi connectivity index (χ1) is 19.2. The molecule has 0 saturated heterocycles. The van der Waals surface area contributed by atoms with Crippen molar-refractivity contribution < 1.29 is 28.2 Å². The number of carbonyl (C=O) groups excluding carboxylic acids is 1. The summed E-state index contributed by atoms with van der Waals surface area (Å²) in [4.78, 5) is 26.7. The molecular weight excluding hydrogens is 575 g/mol. The van der Waals surface area contributed by atoms with Crippen molar-refractivity contribution >= 4 is 61.4 Å². The van der Waals surface area contributed by atoms with Crippen LogP contribution in [0.15, 0.2) is 54.6 Å². The summed E-state index contributed by atoms with van der Waals surface area (Å²) in [6.07, 6.45) is -0.551. The summed E-state index contributed by atoms with van der Waals surface area (Å²) >= 11 is 4.14. The van der Waals surface area contributed by atoms with Gasteiger partial charge in [0.05, 0.1) is 26.6 Å². The Morgan fingerprint density at radius 1 is 1.02 bits per heavy atom. The Morgan fingerprint density at radius 3 is 2.27 bits per heavy atom. The first-order valence-corrected chi connectivity index (χ1v) is 14.8. The molecule has 1 saturated carbocycles. The number of carboxylic acids is 1. The molecule has 11 heteroatoms. The maximum absolute atomic E-state index is 14.9. The van der Waals surface area contributed by atoms with Crippen LogP contribution >= 0.6 is 34.2 Å². The number of aromatic nitrogens is 1. The summed E-state index contributed by atoms with van der Waals surface area (Å²) < 4.78 is 41.7. The molecule has 0 bridgehead atoms. The molecule has 2 N–H and O–H groups in total. The summed E-state index contributed by atoms with van der Waals surface area (Å²) in [5.41, 5.74) is 0.680. The van der Waals surface area contributed by atoms with Crippen LogP contribution in [0.1, 0.15) is 42.7 Å². The van der Waals surface area contributed by atoms with Gasteiger partial charge in [0.15, 0.2) is 0 Å². The largest absolute Gasteiger partial charge is 0.481 e. The summed E-state index contributed by atoms with van der Waals surface area (Å²) in [6, 6.07) is 15.7. The second kappa shape index (κ2) is 10.1. The molecule has 0 aliphatic heterocycles. The van der Waals surface area contributed by atoms with Crippen LogP contribution in [-0.2, 0) is 14.9 Å². The summed E-state index contributed by atoms with van der Waals surface area (Å²) in [5, 5.41) is 12.3. The van der Waals surface area contributed by atoms with E-state index in [9.17, 15) is 23.5 Å². The highest BCUT2D eigenvalue weighted by Crippen LogP contribution is 2.51. The van der Waals surface area contributed by atoms with Gasteiger partial charge in [0, 0.05) is 19.8 Å². The molecule has 5 aromatic rings. The molecule has 2 aromatic carbocycles. The molecule has 3 heterocycles. The number of ether oxygens (including phenoxy) is 1. The molecule has 3 aromatic heterocycles. The third-order valence-corrected chi connectivity index (χ3v) is 10.5. The van der Waals surface area contributed by atoms with Gasteiger partial charge in [-0.25, -0.2) is 13.6 Å². The average Bonchev–Trinajstić information content (AvgIpc) is 3.28. The molecule has 1 unspecified atom stereocenters. The highest BCUT2D eigenvalue weighted by Gasteiger charge is 2.55. The Morgan fingerprint density at radius 2 is 1.65 bits per heavy atom. The number of carbonyl (C=O) groups is 2. The number of nitrogens with zero attached hydrogens (tertiary/aromatic N) is 1. The molecule has 1 fully saturated rings. The first-order valence-electron chi connectivity index (χ1n) is 12.4. The third kappa shape index (κ3) is 4.67. The van der Waals surface area contributed by atoms with Gasteiger partial charge in [-0.3, -0.25) is 10.1 Å². The lowest BCUT2D eigenvalue weighted by Crippen LogP contribution is -2.22. The highest BCUT2D eigenvalue weighted by molar-refractivity contribution is 7.32. The van der Waals surface area contributed by atoms with Gasteiger partial charge < -0.3 is 9.84 Å². The minimum absolute atomic E-state index is 0.227. The van der Waals surface area contributed by atoms with E-state index in [1.165, 1.54) is 46.3 Å². The maximum atomic E-state index is 14.9. The lowest BCUT2D eigenvalue weighted by atomic mass is 9.93. The van der Waals surface area contributed by atoms with Crippen LogP contribution in [0, 0.1) is 18.6 Å². The number of aliphatic carboxylic acids is 1. The van der Waals surface area contributed by atoms with Crippen LogP contribution in [-0.4, -0.2) is 21.5 Å². The van der Waals surface area contributed by atoms with Crippen molar-refractivity contribution in [1.82, 2.24) is 4.37 Å². The van der Waals surface area contributed by atoms with E-state index in [1.807, 2.05) is 49.4 Å². The van der Waals surface area contributed by atoms with E-state index in [4.69, 9.17) is 4.74 Å². The van der Waals surface area contributed by atoms with E-state index in [0.717, 1.165) is 24.7 Å². The number of carboxylic acid groups (broad SMARTS) is 1. The van der Waals surface area contributed by atoms with Gasteiger partial charge in [-0.05, 0) is 73.6 Å². The summed E-state index contributed by atoms with van der Waals surface area (Å²) in [5.74, 6) is -2.87. The number of benzene rings is 2. The van der Waals surface area contributed by atoms with Crippen LogP contribution in [0.25, 0.3) is 29.6 Å². The Kier molecular flexibility index (Phi) is 6.68. The number of amides is 1. The smallest absolute Gasteiger partial charge is 0.412 e. The minimum Gasteiger partial charge on any atom is -0.481 e. The Bertz CT molecular complexity index is 1720. The van der Waals surface area contributed by atoms with Crippen LogP contribution in [0.2, 0.25) is 0 Å². The molecule has 0 radical (unpaired) electrons. The zero-order chi connectivity index (χ0) is 28.2. The number of anilines is 1. The van der Waals surface area contributed by atoms with E-state index in [1.54, 1.807) is 6.92 Å². The number of fused-ring (bicyclic) bond motifs is 1. The van der Waals surface area contributed by atoms with Crippen molar-refractivity contribution in [2.24, 2.45) is 0 Å². The maximum Gasteiger partial charge on any atom is 0.412 e. The van der Waals surface area contributed by atoms with Crippen molar-refractivity contribution in [3.8, 4) is 20.2 Å². The first kappa shape index (κ1) is 26.5. The van der Waals surface area contributed by atoms with Gasteiger partial charge >= 0.3 is 12.1 Å². The fraction of sp³-hybridized carbons (Fsp3) is 0.207. The van der Waals surface area contributed by atoms with E-state index < -0.39 is 35.2 Å². The molecule has 1 aliphatic carbocycles. The number of aryl methyl sites for hydroxylation is 1. The van der Waals surface area contributed by atoms with Crippen LogP contribution in [0.3, 0.4) is 0 Å². The van der Waals surface area contributed by atoms with Gasteiger partial charge in [0.2, 0.25) is 0 Å². The lowest BCUT2D eigenvalue weighted by Gasteiger charge is -2.14. The van der Waals surface area contributed by atoms with E-state index in [-0.39, 0.29) is 18.4 Å². The zero-order valence-electron chi connectivity index (χ0n) is 21.3. The Labute approximate surface area is 240 Å². The molecule has 6 rings (SSSR count). The van der Waals surface area contributed by atoms with Gasteiger partial charge in [0.1, 0.15) is 17.7 Å². The second-order valence-electron chi connectivity index (χ2n) is 9.71. The minimum atomic E-state index is -1.46. The van der Waals surface area contributed by atoms with E-state index in [0.29, 0.717) is 21.8 Å². The number of hydrogen-bond acceptors (Lipinski definition) is 7. The van der Waals surface area contributed by atoms with Crippen LogP contribution < -0.4 is 5.32 Å². The Hall–Kier alpha value is -3.67. The normalized spacial score (nSPS) is 14.7. The number of rotatable bonds is 7. The fourth-order valence-electron chi connectivity index (χ4n) is 4.73. The molecule has 1 amide bonds. The predicted octanol–water partition coefficient (Wildman–Crippen LogP) is 8.77. The topological polar surface area (TPSA) is 88.5 Å². The van der Waals surface area contributed by atoms with Crippen molar-refractivity contribution in [2.75, 3.05) is 5.32 Å². The molecule has 40 heavy (non-hydrogen) atoms. The number of nitrogens with one attached hydrogen (secondary N) is 1. The summed E-state index contributed by atoms with van der Waals surface area (Å²) in [7, 11) is 0. The Balaban J connectivity index is 1.24. The molecule has 0 spiro atoms. The molecule has 6 nitrogen and oxygen atoms in total. The van der Waals surface area contributed by atoms with Crippen molar-refractivity contribution in [2.45, 2.75) is 38.2 Å². The lowest BCUT2D eigenvalue weighted by molar-refractivity contribution is -0.140. The van der Waals surface area contributed by atoms with E-state index >= 15 is 0 Å². The summed E-state index contributed by atoms with van der Waals surface area (Å²) in [6.45, 7) is 3.62. The van der Waals surface area contributed by atoms with Crippen molar-refractivity contribution in [1.29, 1.82) is 0 Å². The standard InChI is InChI=1S/C29H22F2N2O4S3/c1-14-25(32-28(36)37-15(2)16-6-4-3-5-7-16)26(40-33-14)23-13-22-21(39-23)12-20(38-22)17-10-18(30)24(19(31)11-17)29(8-9-29)27(34)35/h3-7,10-13,15H,8-9H2,1-2H3,(H,32,36)(H,34,35). The molecular formula is C29H22F2N2O4S3. The predicted molar refractivity (Wildman–Crippen MR) is 154 cm³/mol. The van der Waals surface area contributed by atoms with Crippen LogP contribution in [0.5, 0.6) is 0 Å². The SMILES string of the molecule is Cc1nsc(-c2cc3sc(-c4cc(F)c(C5(C(=O)O)CC5)c(F)c4)cc3s2)c1NC(=O)OC(C)c1ccccc1. The van der Waals surface area contributed by atoms with E-state index in [2.05, 4.69) is 9.69 Å². The van der Waals surface area contributed by atoms with Gasteiger partial charge in [-0.1, -0.05) is 30.3 Å². The quantitative estimate of drug-likeness (QED) is 0.196. The van der Waals surface area contributed by atoms with Crippen LogP contribution in [0.4, 0.5) is 19.3 Å². The zero-order valence-corrected chi connectivity index (χ0v) is 23.7. The highest BCUT2D eigenvalue weighted by atomic mass is 32.1. The molecule has 204 valence electrons. The fourth-order valence-corrected chi connectivity index (χ4v) is 8.05. The average molecular weight is 597 g/mol. The number of halogens is 2. The number of hydrogen-bond donors (Lipinski definition) is 2. The number of thiophene rings is 2. The van der Waals surface area contributed by atoms with Crippen molar-refractivity contribution in [3.05, 3.63) is 83.1 Å². The third-order valence-electron chi connectivity index (χ3n) is 7.04. The van der Waals surface area contributed by atoms with Crippen molar-refractivity contribution in [3.63, 3.8) is 0 Å². The van der Waals surface area contributed by atoms with Gasteiger partial charge in [-0.15, -0.1) is 22.7 Å². The molecule has 1 atom stereocenters. The van der Waals surface area contributed by atoms with Gasteiger partial charge in [-0.2, -0.15) is 4.37 Å². The van der Waals surface area contributed by atoms with Gasteiger partial charge in [0.25, 0.3) is 0 Å². The monoisotopic (exact) mass is 596 g/mol. The molecule has 1 aliphatic rings.